The lowest BCUT2D eigenvalue weighted by molar-refractivity contribution is -0.129. The third-order valence-corrected chi connectivity index (χ3v) is 6.31. The highest BCUT2D eigenvalue weighted by atomic mass is 32.2. The molecule has 2 aromatic carbocycles. The highest BCUT2D eigenvalue weighted by Gasteiger charge is 2.25. The number of benzene rings is 2. The molecule has 2 aliphatic heterocycles. The Labute approximate surface area is 165 Å². The maximum absolute atomic E-state index is 12.8. The summed E-state index contributed by atoms with van der Waals surface area (Å²) < 4.78 is 23.1. The molecule has 0 spiro atoms. The van der Waals surface area contributed by atoms with Gasteiger partial charge in [-0.25, -0.2) is 13.6 Å². The van der Waals surface area contributed by atoms with E-state index in [0.717, 1.165) is 17.7 Å². The molecule has 7 heteroatoms. The zero-order valence-corrected chi connectivity index (χ0v) is 16.4. The molecule has 2 heterocycles. The normalized spacial score (nSPS) is 16.7. The lowest BCUT2D eigenvalue weighted by Crippen LogP contribution is -2.41. The van der Waals surface area contributed by atoms with E-state index < -0.39 is 10.0 Å². The van der Waals surface area contributed by atoms with Crippen LogP contribution in [0.15, 0.2) is 59.5 Å². The van der Waals surface area contributed by atoms with Gasteiger partial charge in [-0.15, -0.1) is 0 Å². The van der Waals surface area contributed by atoms with Crippen molar-refractivity contribution in [3.8, 4) is 0 Å². The van der Waals surface area contributed by atoms with Gasteiger partial charge in [-0.2, -0.15) is 0 Å². The SMILES string of the molecule is NS(=O)(=O)c1ccc2c(c1)CCN2CC(=O)N1CC=C(c2ccccc2)CC1. The summed E-state index contributed by atoms with van der Waals surface area (Å²) in [7, 11) is -3.71. The lowest BCUT2D eigenvalue weighted by atomic mass is 9.99. The fourth-order valence-corrected chi connectivity index (χ4v) is 4.43. The molecule has 0 unspecified atom stereocenters. The number of carbonyl (C=O) groups excluding carboxylic acids is 1. The molecule has 4 rings (SSSR count). The molecule has 28 heavy (non-hydrogen) atoms. The predicted octanol–water partition coefficient (Wildman–Crippen LogP) is 2.01. The number of fused-ring (bicyclic) bond motifs is 1. The lowest BCUT2D eigenvalue weighted by Gasteiger charge is -2.29. The fraction of sp³-hybridized carbons (Fsp3) is 0.286. The van der Waals surface area contributed by atoms with Gasteiger partial charge in [-0.1, -0.05) is 36.4 Å². The highest BCUT2D eigenvalue weighted by Crippen LogP contribution is 2.30. The summed E-state index contributed by atoms with van der Waals surface area (Å²) in [5, 5.41) is 5.21. The van der Waals surface area contributed by atoms with Gasteiger partial charge in [-0.3, -0.25) is 4.79 Å². The second kappa shape index (κ2) is 7.41. The van der Waals surface area contributed by atoms with E-state index in [2.05, 4.69) is 18.2 Å². The van der Waals surface area contributed by atoms with Gasteiger partial charge in [0.2, 0.25) is 15.9 Å². The molecule has 0 aliphatic carbocycles. The number of hydrogen-bond acceptors (Lipinski definition) is 4. The van der Waals surface area contributed by atoms with E-state index in [1.807, 2.05) is 28.0 Å². The maximum atomic E-state index is 12.8. The van der Waals surface area contributed by atoms with Crippen LogP contribution in [0.1, 0.15) is 17.5 Å². The van der Waals surface area contributed by atoms with Gasteiger partial charge < -0.3 is 9.80 Å². The molecule has 0 saturated heterocycles. The van der Waals surface area contributed by atoms with E-state index in [1.54, 1.807) is 12.1 Å². The van der Waals surface area contributed by atoms with Crippen LogP contribution in [0, 0.1) is 0 Å². The van der Waals surface area contributed by atoms with Crippen molar-refractivity contribution in [1.29, 1.82) is 0 Å². The number of nitrogens with two attached hydrogens (primary N) is 1. The molecule has 0 radical (unpaired) electrons. The Hall–Kier alpha value is -2.64. The number of nitrogens with zero attached hydrogens (tertiary/aromatic N) is 2. The minimum Gasteiger partial charge on any atom is -0.362 e. The maximum Gasteiger partial charge on any atom is 0.242 e. The predicted molar refractivity (Wildman–Crippen MR) is 109 cm³/mol. The Morgan fingerprint density at radius 1 is 1.04 bits per heavy atom. The number of hydrogen-bond donors (Lipinski definition) is 1. The van der Waals surface area contributed by atoms with Crippen LogP contribution >= 0.6 is 0 Å². The highest BCUT2D eigenvalue weighted by molar-refractivity contribution is 7.89. The molecule has 146 valence electrons. The van der Waals surface area contributed by atoms with E-state index in [0.29, 0.717) is 32.6 Å². The first kappa shape index (κ1) is 18.7. The Morgan fingerprint density at radius 2 is 1.82 bits per heavy atom. The first-order chi connectivity index (χ1) is 13.4. The zero-order chi connectivity index (χ0) is 19.7. The van der Waals surface area contributed by atoms with Crippen LogP contribution in [0.5, 0.6) is 0 Å². The molecule has 2 aliphatic rings. The molecule has 0 saturated carbocycles. The number of anilines is 1. The minimum absolute atomic E-state index is 0.0896. The monoisotopic (exact) mass is 397 g/mol. The van der Waals surface area contributed by atoms with Gasteiger partial charge in [0.25, 0.3) is 0 Å². The quantitative estimate of drug-likeness (QED) is 0.855. The van der Waals surface area contributed by atoms with Crippen molar-refractivity contribution in [3.63, 3.8) is 0 Å². The minimum atomic E-state index is -3.71. The molecular formula is C21H23N3O3S. The van der Waals surface area contributed by atoms with Crippen LogP contribution in [0.3, 0.4) is 0 Å². The van der Waals surface area contributed by atoms with Crippen LogP contribution in [-0.2, 0) is 21.2 Å². The molecule has 0 atom stereocenters. The number of rotatable bonds is 4. The number of carbonyl (C=O) groups is 1. The molecule has 2 aromatic rings. The van der Waals surface area contributed by atoms with Crippen molar-refractivity contribution < 1.29 is 13.2 Å². The summed E-state index contributed by atoms with van der Waals surface area (Å²) in [5.74, 6) is 0.0896. The third kappa shape index (κ3) is 3.81. The van der Waals surface area contributed by atoms with Crippen molar-refractivity contribution in [2.45, 2.75) is 17.7 Å². The van der Waals surface area contributed by atoms with Crippen molar-refractivity contribution in [2.24, 2.45) is 5.14 Å². The van der Waals surface area contributed by atoms with Crippen LogP contribution < -0.4 is 10.0 Å². The van der Waals surface area contributed by atoms with Crippen molar-refractivity contribution in [3.05, 3.63) is 65.7 Å². The third-order valence-electron chi connectivity index (χ3n) is 5.40. The fourth-order valence-electron chi connectivity index (χ4n) is 3.86. The Morgan fingerprint density at radius 3 is 2.50 bits per heavy atom. The molecule has 2 N–H and O–H groups in total. The van der Waals surface area contributed by atoms with Crippen molar-refractivity contribution in [2.75, 3.05) is 31.1 Å². The molecule has 0 fully saturated rings. The zero-order valence-electron chi connectivity index (χ0n) is 15.5. The molecule has 0 bridgehead atoms. The van der Waals surface area contributed by atoms with Gasteiger partial charge in [-0.05, 0) is 47.7 Å². The van der Waals surface area contributed by atoms with Crippen molar-refractivity contribution >= 4 is 27.2 Å². The van der Waals surface area contributed by atoms with Crippen LogP contribution in [0.2, 0.25) is 0 Å². The Bertz CT molecular complexity index is 1030. The van der Waals surface area contributed by atoms with Crippen molar-refractivity contribution in [1.82, 2.24) is 4.90 Å². The summed E-state index contributed by atoms with van der Waals surface area (Å²) in [6.07, 6.45) is 3.70. The second-order valence-electron chi connectivity index (χ2n) is 7.19. The first-order valence-electron chi connectivity index (χ1n) is 9.35. The van der Waals surface area contributed by atoms with Gasteiger partial charge >= 0.3 is 0 Å². The average Bonchev–Trinajstić information content (AvgIpc) is 3.10. The van der Waals surface area contributed by atoms with Gasteiger partial charge in [0.15, 0.2) is 0 Å². The topological polar surface area (TPSA) is 83.7 Å². The summed E-state index contributed by atoms with van der Waals surface area (Å²) in [5.41, 5.74) is 4.34. The van der Waals surface area contributed by atoms with Crippen LogP contribution in [0.25, 0.3) is 5.57 Å². The summed E-state index contributed by atoms with van der Waals surface area (Å²) in [6.45, 7) is 2.34. The number of sulfonamides is 1. The van der Waals surface area contributed by atoms with E-state index in [9.17, 15) is 13.2 Å². The van der Waals surface area contributed by atoms with E-state index in [1.165, 1.54) is 17.2 Å². The average molecular weight is 398 g/mol. The standard InChI is InChI=1S/C21H23N3O3S/c22-28(26,27)19-6-7-20-18(14-19)10-13-24(20)15-21(25)23-11-8-17(9-12-23)16-4-2-1-3-5-16/h1-8,14H,9-13,15H2,(H2,22,26,27). The van der Waals surface area contributed by atoms with Gasteiger partial charge in [0, 0.05) is 25.3 Å². The Balaban J connectivity index is 1.42. The smallest absolute Gasteiger partial charge is 0.242 e. The van der Waals surface area contributed by atoms with E-state index >= 15 is 0 Å². The Kier molecular flexibility index (Phi) is 4.95. The van der Waals surface area contributed by atoms with E-state index in [-0.39, 0.29) is 10.8 Å². The summed E-state index contributed by atoms with van der Waals surface area (Å²) >= 11 is 0. The summed E-state index contributed by atoms with van der Waals surface area (Å²) in [6, 6.07) is 15.1. The van der Waals surface area contributed by atoms with Gasteiger partial charge in [0.05, 0.1) is 11.4 Å². The van der Waals surface area contributed by atoms with Crippen LogP contribution in [0.4, 0.5) is 5.69 Å². The number of amides is 1. The van der Waals surface area contributed by atoms with Crippen LogP contribution in [-0.4, -0.2) is 45.4 Å². The number of primary sulfonamides is 1. The molecular weight excluding hydrogens is 374 g/mol. The summed E-state index contributed by atoms with van der Waals surface area (Å²) in [4.78, 5) is 16.8. The largest absolute Gasteiger partial charge is 0.362 e. The first-order valence-corrected chi connectivity index (χ1v) is 10.9. The second-order valence-corrected chi connectivity index (χ2v) is 8.75. The molecule has 0 aromatic heterocycles. The van der Waals surface area contributed by atoms with E-state index in [4.69, 9.17) is 5.14 Å². The van der Waals surface area contributed by atoms with Gasteiger partial charge in [0.1, 0.15) is 0 Å². The molecule has 6 nitrogen and oxygen atoms in total. The molecule has 1 amide bonds.